The summed E-state index contributed by atoms with van der Waals surface area (Å²) in [6.45, 7) is 22.2. The highest BCUT2D eigenvalue weighted by atomic mass is 16.4. The van der Waals surface area contributed by atoms with Crippen molar-refractivity contribution in [1.82, 2.24) is 10.2 Å². The van der Waals surface area contributed by atoms with Gasteiger partial charge in [0, 0.05) is 18.6 Å². The molecule has 4 heteroatoms. The Balaban J connectivity index is 1.33. The Bertz CT molecular complexity index is 1330. The maximum atomic E-state index is 11.5. The van der Waals surface area contributed by atoms with Crippen molar-refractivity contribution in [2.24, 2.45) is 51.2 Å². The second-order valence-electron chi connectivity index (χ2n) is 17.5. The lowest BCUT2D eigenvalue weighted by Gasteiger charge is -2.72. The molecule has 0 radical (unpaired) electrons. The van der Waals surface area contributed by atoms with Crippen LogP contribution in [0.2, 0.25) is 0 Å². The molecule has 4 fully saturated rings. The number of nitrogens with one attached hydrogen (secondary N) is 1. The van der Waals surface area contributed by atoms with Gasteiger partial charge in [-0.25, -0.2) is 4.79 Å². The van der Waals surface area contributed by atoms with Gasteiger partial charge in [-0.05, 0) is 153 Å². The number of benzene rings is 1. The van der Waals surface area contributed by atoms with E-state index in [-0.39, 0.29) is 16.4 Å². The Labute approximate surface area is 268 Å². The van der Waals surface area contributed by atoms with Crippen molar-refractivity contribution in [3.63, 3.8) is 0 Å². The highest BCUT2D eigenvalue weighted by Crippen LogP contribution is 2.76. The Kier molecular flexibility index (Phi) is 7.89. The summed E-state index contributed by atoms with van der Waals surface area (Å²) < 4.78 is 0. The molecule has 242 valence electrons. The van der Waals surface area contributed by atoms with Gasteiger partial charge in [0.15, 0.2) is 0 Å². The molecule has 5 aliphatic rings. The largest absolute Gasteiger partial charge is 0.478 e. The maximum absolute atomic E-state index is 11.5. The second-order valence-corrected chi connectivity index (χ2v) is 17.5. The van der Waals surface area contributed by atoms with Gasteiger partial charge >= 0.3 is 5.97 Å². The summed E-state index contributed by atoms with van der Waals surface area (Å²) in [5.41, 5.74) is 5.68. The van der Waals surface area contributed by atoms with Gasteiger partial charge in [-0.3, -0.25) is 0 Å². The van der Waals surface area contributed by atoms with Gasteiger partial charge in [0.25, 0.3) is 0 Å². The first-order valence-electron chi connectivity index (χ1n) is 17.7. The molecule has 1 aromatic carbocycles. The zero-order valence-electron chi connectivity index (χ0n) is 29.1. The van der Waals surface area contributed by atoms with Crippen LogP contribution in [0.4, 0.5) is 0 Å². The summed E-state index contributed by atoms with van der Waals surface area (Å²) in [6.07, 6.45) is 14.3. The average Bonchev–Trinajstić information content (AvgIpc) is 3.33. The third-order valence-electron chi connectivity index (χ3n) is 15.1. The monoisotopic (exact) mass is 600 g/mol. The fourth-order valence-corrected chi connectivity index (χ4v) is 12.9. The van der Waals surface area contributed by atoms with Crippen molar-refractivity contribution in [3.05, 3.63) is 53.6 Å². The summed E-state index contributed by atoms with van der Waals surface area (Å²) in [7, 11) is 4.39. The summed E-state index contributed by atoms with van der Waals surface area (Å²) >= 11 is 0. The fourth-order valence-electron chi connectivity index (χ4n) is 12.9. The van der Waals surface area contributed by atoms with E-state index in [1.807, 2.05) is 12.1 Å². The first kappa shape index (κ1) is 32.0. The van der Waals surface area contributed by atoms with Crippen LogP contribution in [0.3, 0.4) is 0 Å². The minimum Gasteiger partial charge on any atom is -0.478 e. The molecular formula is C40H60N2O2. The van der Waals surface area contributed by atoms with E-state index < -0.39 is 5.97 Å². The van der Waals surface area contributed by atoms with Crippen molar-refractivity contribution < 1.29 is 9.90 Å². The van der Waals surface area contributed by atoms with E-state index in [1.165, 1.54) is 68.1 Å². The van der Waals surface area contributed by atoms with Gasteiger partial charge < -0.3 is 15.3 Å². The molecule has 6 rings (SSSR count). The molecule has 1 aromatic rings. The molecule has 44 heavy (non-hydrogen) atoms. The zero-order valence-corrected chi connectivity index (χ0v) is 29.1. The van der Waals surface area contributed by atoms with E-state index in [2.05, 4.69) is 78.5 Å². The molecule has 0 aromatic heterocycles. The van der Waals surface area contributed by atoms with Gasteiger partial charge in [-0.2, -0.15) is 0 Å². The molecular weight excluding hydrogens is 540 g/mol. The molecule has 0 heterocycles. The molecule has 0 spiro atoms. The Hall–Kier alpha value is -1.91. The molecule has 0 bridgehead atoms. The number of likely N-dealkylation sites (N-methyl/N-ethyl adjacent to an activating group) is 1. The summed E-state index contributed by atoms with van der Waals surface area (Å²) in [5, 5.41) is 13.7. The predicted molar refractivity (Wildman–Crippen MR) is 183 cm³/mol. The number of hydrogen-bond donors (Lipinski definition) is 2. The minimum atomic E-state index is -0.854. The average molecular weight is 601 g/mol. The van der Waals surface area contributed by atoms with Crippen molar-refractivity contribution in [2.45, 2.75) is 105 Å². The van der Waals surface area contributed by atoms with Crippen molar-refractivity contribution in [3.8, 4) is 0 Å². The maximum Gasteiger partial charge on any atom is 0.335 e. The Morgan fingerprint density at radius 3 is 2.27 bits per heavy atom. The van der Waals surface area contributed by atoms with Crippen LogP contribution < -0.4 is 5.32 Å². The van der Waals surface area contributed by atoms with Crippen LogP contribution >= 0.6 is 0 Å². The Morgan fingerprint density at radius 1 is 0.932 bits per heavy atom. The third-order valence-corrected chi connectivity index (χ3v) is 15.1. The van der Waals surface area contributed by atoms with Gasteiger partial charge in [0.05, 0.1) is 5.56 Å². The normalized spacial score (nSPS) is 42.5. The summed E-state index contributed by atoms with van der Waals surface area (Å²) in [6, 6.07) is 7.64. The van der Waals surface area contributed by atoms with Gasteiger partial charge in [-0.1, -0.05) is 65.0 Å². The molecule has 4 nitrogen and oxygen atoms in total. The quantitative estimate of drug-likeness (QED) is 0.307. The molecule has 2 N–H and O–H groups in total. The van der Waals surface area contributed by atoms with Crippen molar-refractivity contribution in [1.29, 1.82) is 0 Å². The van der Waals surface area contributed by atoms with Crippen LogP contribution in [-0.2, 0) is 0 Å². The number of carboxylic acid groups (broad SMARTS) is 1. The molecule has 4 saturated carbocycles. The topological polar surface area (TPSA) is 52.6 Å². The lowest BCUT2D eigenvalue weighted by Crippen LogP contribution is -2.68. The minimum absolute atomic E-state index is 0.0470. The van der Waals surface area contributed by atoms with E-state index in [9.17, 15) is 9.90 Å². The van der Waals surface area contributed by atoms with E-state index in [1.54, 1.807) is 12.1 Å². The number of fused-ring (bicyclic) bond motifs is 7. The fraction of sp³-hybridized carbons (Fsp3) is 0.725. The van der Waals surface area contributed by atoms with Crippen molar-refractivity contribution in [2.75, 3.05) is 27.2 Å². The predicted octanol–water partition coefficient (Wildman–Crippen LogP) is 8.94. The smallest absolute Gasteiger partial charge is 0.335 e. The molecule has 0 unspecified atom stereocenters. The number of allylic oxidation sites excluding steroid dienone is 3. The number of carbonyl (C=O) groups is 1. The van der Waals surface area contributed by atoms with Gasteiger partial charge in [0.1, 0.15) is 0 Å². The van der Waals surface area contributed by atoms with Crippen LogP contribution in [0.1, 0.15) is 115 Å². The first-order chi connectivity index (χ1) is 20.6. The first-order valence-corrected chi connectivity index (χ1v) is 17.7. The number of carboxylic acids is 1. The van der Waals surface area contributed by atoms with Crippen molar-refractivity contribution >= 4 is 11.5 Å². The van der Waals surface area contributed by atoms with Gasteiger partial charge in [-0.15, -0.1) is 0 Å². The highest BCUT2D eigenvalue weighted by Gasteiger charge is 2.70. The van der Waals surface area contributed by atoms with Crippen LogP contribution in [-0.4, -0.2) is 48.7 Å². The standard InChI is InChI=1S/C40H60N2O2/c1-26(2)29-16-21-40(41-24-25-42(8)9)23-22-38(6)31(34(29)40)14-15-33-37(5)19-17-30(27-10-12-28(13-11-27)35(43)44)36(3,4)32(37)18-20-39(33,38)7/h10-13,17,29,31-34,41H,1,14-16,18-25H2,2-9H3,(H,43,44)/t29-,31+,32-,33+,34+,37-,38+,39+,40-/m0/s1. The number of nitrogens with zero attached hydrogens (tertiary/aromatic N) is 1. The number of aromatic carboxylic acids is 1. The molecule has 0 saturated heterocycles. The van der Waals surface area contributed by atoms with E-state index in [0.717, 1.165) is 31.3 Å². The van der Waals surface area contributed by atoms with Crippen LogP contribution in [0.25, 0.3) is 5.57 Å². The van der Waals surface area contributed by atoms with E-state index in [4.69, 9.17) is 0 Å². The zero-order chi connectivity index (χ0) is 31.9. The highest BCUT2D eigenvalue weighted by molar-refractivity contribution is 5.88. The lowest BCUT2D eigenvalue weighted by molar-refractivity contribution is -0.219. The van der Waals surface area contributed by atoms with E-state index >= 15 is 0 Å². The third kappa shape index (κ3) is 4.55. The Morgan fingerprint density at radius 2 is 1.64 bits per heavy atom. The number of hydrogen-bond acceptors (Lipinski definition) is 3. The summed E-state index contributed by atoms with van der Waals surface area (Å²) in [5.74, 6) is 2.59. The number of rotatable bonds is 7. The molecule has 5 aliphatic carbocycles. The molecule has 9 atom stereocenters. The SMILES string of the molecule is C=C(C)[C@@H]1CC[C@]2(NCCN(C)C)CC[C@]3(C)[C@H](CC[C@@H]4[C@@]5(C)CC=C(c6ccc(C(=O)O)cc6)C(C)(C)[C@@H]5CC[C@]43C)[C@@H]12. The van der Waals surface area contributed by atoms with Crippen LogP contribution in [0.5, 0.6) is 0 Å². The van der Waals surface area contributed by atoms with Crippen LogP contribution in [0.15, 0.2) is 42.5 Å². The summed E-state index contributed by atoms with van der Waals surface area (Å²) in [4.78, 5) is 13.8. The molecule has 0 aliphatic heterocycles. The second kappa shape index (κ2) is 10.8. The lowest BCUT2D eigenvalue weighted by atomic mass is 9.33. The van der Waals surface area contributed by atoms with E-state index in [0.29, 0.717) is 34.1 Å². The van der Waals surface area contributed by atoms with Crippen LogP contribution in [0, 0.1) is 51.2 Å². The molecule has 0 amide bonds. The van der Waals surface area contributed by atoms with Gasteiger partial charge in [0.2, 0.25) is 0 Å².